The van der Waals surface area contributed by atoms with Crippen LogP contribution in [0.25, 0.3) is 0 Å². The van der Waals surface area contributed by atoms with E-state index in [4.69, 9.17) is 25.8 Å². The maximum Gasteiger partial charge on any atom is 0.413 e. The Morgan fingerprint density at radius 2 is 1.84 bits per heavy atom. The molecule has 1 saturated heterocycles. The second kappa shape index (κ2) is 9.55. The van der Waals surface area contributed by atoms with Crippen molar-refractivity contribution in [3.63, 3.8) is 0 Å². The molecule has 0 aromatic carbocycles. The SMILES string of the molecule is CC(C)(C)OC(=O)Nc1nccc(Cl)c1C#CC1CN(C(=O)OC(C)(C)C)C(C)(C)CO1. The van der Waals surface area contributed by atoms with Gasteiger partial charge >= 0.3 is 12.2 Å². The summed E-state index contributed by atoms with van der Waals surface area (Å²) in [5, 5.41) is 2.90. The lowest BCUT2D eigenvalue weighted by molar-refractivity contribution is -0.0810. The first kappa shape index (κ1) is 25.8. The molecule has 1 atom stereocenters. The highest BCUT2D eigenvalue weighted by Crippen LogP contribution is 2.26. The van der Waals surface area contributed by atoms with Crippen LogP contribution in [0.4, 0.5) is 15.4 Å². The van der Waals surface area contributed by atoms with Crippen molar-refractivity contribution < 1.29 is 23.8 Å². The number of nitrogens with zero attached hydrogens (tertiary/aromatic N) is 2. The van der Waals surface area contributed by atoms with Gasteiger partial charge in [0.1, 0.15) is 17.3 Å². The normalized spacial score (nSPS) is 18.3. The predicted octanol–water partition coefficient (Wildman–Crippen LogP) is 4.85. The summed E-state index contributed by atoms with van der Waals surface area (Å²) in [6.07, 6.45) is -0.197. The average molecular weight is 466 g/mol. The van der Waals surface area contributed by atoms with E-state index in [-0.39, 0.29) is 19.0 Å². The van der Waals surface area contributed by atoms with Crippen LogP contribution in [-0.2, 0) is 14.2 Å². The molecule has 1 fully saturated rings. The fraction of sp³-hybridized carbons (Fsp3) is 0.609. The molecule has 8 nitrogen and oxygen atoms in total. The Hall–Kier alpha value is -2.50. The first-order chi connectivity index (χ1) is 14.6. The van der Waals surface area contributed by atoms with Gasteiger partial charge in [-0.25, -0.2) is 14.6 Å². The van der Waals surface area contributed by atoms with E-state index in [2.05, 4.69) is 22.1 Å². The largest absolute Gasteiger partial charge is 0.444 e. The van der Waals surface area contributed by atoms with E-state index in [0.717, 1.165) is 0 Å². The topological polar surface area (TPSA) is 90.0 Å². The Bertz CT molecular complexity index is 922. The zero-order valence-electron chi connectivity index (χ0n) is 20.0. The summed E-state index contributed by atoms with van der Waals surface area (Å²) in [4.78, 5) is 30.6. The molecular weight excluding hydrogens is 434 g/mol. The molecule has 1 aliphatic heterocycles. The number of nitrogens with one attached hydrogen (secondary N) is 1. The van der Waals surface area contributed by atoms with Crippen LogP contribution >= 0.6 is 11.6 Å². The number of carbonyl (C=O) groups is 2. The van der Waals surface area contributed by atoms with E-state index in [1.807, 2.05) is 34.6 Å². The molecule has 9 heteroatoms. The van der Waals surface area contributed by atoms with Gasteiger partial charge in [0.2, 0.25) is 0 Å². The Labute approximate surface area is 194 Å². The van der Waals surface area contributed by atoms with Gasteiger partial charge in [0.15, 0.2) is 5.82 Å². The summed E-state index contributed by atoms with van der Waals surface area (Å²) in [6, 6.07) is 1.57. The lowest BCUT2D eigenvalue weighted by Gasteiger charge is -2.44. The van der Waals surface area contributed by atoms with Crippen molar-refractivity contribution in [1.29, 1.82) is 0 Å². The number of halogens is 1. The quantitative estimate of drug-likeness (QED) is 0.596. The number of anilines is 1. The molecule has 1 aromatic rings. The van der Waals surface area contributed by atoms with Crippen LogP contribution in [0.3, 0.4) is 0 Å². The summed E-state index contributed by atoms with van der Waals surface area (Å²) in [7, 11) is 0. The van der Waals surface area contributed by atoms with Gasteiger partial charge in [-0.3, -0.25) is 10.2 Å². The molecule has 2 amide bonds. The third kappa shape index (κ3) is 7.57. The van der Waals surface area contributed by atoms with E-state index >= 15 is 0 Å². The minimum atomic E-state index is -0.665. The molecule has 176 valence electrons. The van der Waals surface area contributed by atoms with Gasteiger partial charge in [-0.1, -0.05) is 23.4 Å². The van der Waals surface area contributed by atoms with Crippen molar-refractivity contribution in [2.24, 2.45) is 0 Å². The highest BCUT2D eigenvalue weighted by Gasteiger charge is 2.39. The maximum atomic E-state index is 12.7. The summed E-state index contributed by atoms with van der Waals surface area (Å²) in [6.45, 7) is 15.1. The molecule has 0 spiro atoms. The van der Waals surface area contributed by atoms with Crippen molar-refractivity contribution in [2.75, 3.05) is 18.5 Å². The minimum absolute atomic E-state index is 0.180. The Balaban J connectivity index is 2.22. The second-order valence-corrected chi connectivity index (χ2v) is 10.5. The van der Waals surface area contributed by atoms with Crippen molar-refractivity contribution in [3.05, 3.63) is 22.8 Å². The van der Waals surface area contributed by atoms with Crippen LogP contribution in [0.2, 0.25) is 5.02 Å². The second-order valence-electron chi connectivity index (χ2n) is 10.1. The van der Waals surface area contributed by atoms with Gasteiger partial charge in [-0.15, -0.1) is 0 Å². The first-order valence-corrected chi connectivity index (χ1v) is 10.7. The highest BCUT2D eigenvalue weighted by atomic mass is 35.5. The molecule has 32 heavy (non-hydrogen) atoms. The van der Waals surface area contributed by atoms with E-state index in [1.54, 1.807) is 31.7 Å². The standard InChI is InChI=1S/C23H32ClN3O5/c1-21(2,3)31-19(28)26-18-16(17(24)11-12-25-18)10-9-15-13-27(23(7,8)14-30-15)20(29)32-22(4,5)6/h11-12,15H,13-14H2,1-8H3,(H,25,26,28). The van der Waals surface area contributed by atoms with Crippen LogP contribution < -0.4 is 5.32 Å². The molecule has 0 bridgehead atoms. The molecule has 0 saturated carbocycles. The Morgan fingerprint density at radius 1 is 1.22 bits per heavy atom. The van der Waals surface area contributed by atoms with Crippen LogP contribution in [-0.4, -0.2) is 58.1 Å². The fourth-order valence-electron chi connectivity index (χ4n) is 2.78. The van der Waals surface area contributed by atoms with E-state index in [0.29, 0.717) is 10.6 Å². The molecule has 0 radical (unpaired) electrons. The van der Waals surface area contributed by atoms with Gasteiger partial charge in [0.25, 0.3) is 0 Å². The summed E-state index contributed by atoms with van der Waals surface area (Å²) < 4.78 is 16.7. The predicted molar refractivity (Wildman–Crippen MR) is 123 cm³/mol. The molecule has 1 unspecified atom stereocenters. The monoisotopic (exact) mass is 465 g/mol. The van der Waals surface area contributed by atoms with E-state index in [9.17, 15) is 9.59 Å². The molecule has 2 heterocycles. The summed E-state index contributed by atoms with van der Waals surface area (Å²) in [5.41, 5.74) is -1.49. The van der Waals surface area contributed by atoms with Crippen molar-refractivity contribution >= 4 is 29.6 Å². The lowest BCUT2D eigenvalue weighted by Crippen LogP contribution is -2.59. The number of hydrogen-bond donors (Lipinski definition) is 1. The third-order valence-corrected chi connectivity index (χ3v) is 4.52. The number of carbonyl (C=O) groups excluding carboxylic acids is 2. The molecule has 1 N–H and O–H groups in total. The van der Waals surface area contributed by atoms with Crippen LogP contribution in [0.1, 0.15) is 61.0 Å². The van der Waals surface area contributed by atoms with Gasteiger partial charge in [-0.2, -0.15) is 0 Å². The Morgan fingerprint density at radius 3 is 2.44 bits per heavy atom. The van der Waals surface area contributed by atoms with Crippen LogP contribution in [0.5, 0.6) is 0 Å². The van der Waals surface area contributed by atoms with Gasteiger partial charge < -0.3 is 14.2 Å². The van der Waals surface area contributed by atoms with Gasteiger partial charge in [0, 0.05) is 6.20 Å². The van der Waals surface area contributed by atoms with Gasteiger partial charge in [-0.05, 0) is 61.5 Å². The zero-order chi connectivity index (χ0) is 24.3. The number of morpholine rings is 1. The first-order valence-electron chi connectivity index (χ1n) is 10.4. The van der Waals surface area contributed by atoms with Crippen LogP contribution in [0.15, 0.2) is 12.3 Å². The molecule has 0 aliphatic carbocycles. The molecular formula is C23H32ClN3O5. The molecule has 1 aliphatic rings. The number of aromatic nitrogens is 1. The number of amides is 2. The fourth-order valence-corrected chi connectivity index (χ4v) is 2.97. The smallest absolute Gasteiger partial charge is 0.413 e. The van der Waals surface area contributed by atoms with E-state index in [1.165, 1.54) is 6.20 Å². The van der Waals surface area contributed by atoms with E-state index < -0.39 is 35.0 Å². The number of pyridine rings is 1. The number of ether oxygens (including phenoxy) is 3. The lowest BCUT2D eigenvalue weighted by atomic mass is 10.0. The summed E-state index contributed by atoms with van der Waals surface area (Å²) >= 11 is 6.30. The van der Waals surface area contributed by atoms with Crippen LogP contribution in [0, 0.1) is 11.8 Å². The zero-order valence-corrected chi connectivity index (χ0v) is 20.7. The number of rotatable bonds is 1. The van der Waals surface area contributed by atoms with Crippen molar-refractivity contribution in [1.82, 2.24) is 9.88 Å². The van der Waals surface area contributed by atoms with Gasteiger partial charge in [0.05, 0.1) is 29.3 Å². The van der Waals surface area contributed by atoms with Crippen molar-refractivity contribution in [2.45, 2.75) is 78.2 Å². The minimum Gasteiger partial charge on any atom is -0.444 e. The number of hydrogen-bond acceptors (Lipinski definition) is 6. The molecule has 1 aromatic heterocycles. The van der Waals surface area contributed by atoms with Crippen molar-refractivity contribution in [3.8, 4) is 11.8 Å². The molecule has 2 rings (SSSR count). The maximum absolute atomic E-state index is 12.7. The third-order valence-electron chi connectivity index (χ3n) is 4.21. The Kier molecular flexibility index (Phi) is 7.69. The summed E-state index contributed by atoms with van der Waals surface area (Å²) in [5.74, 6) is 6.10. The average Bonchev–Trinajstić information content (AvgIpc) is 2.58. The highest BCUT2D eigenvalue weighted by molar-refractivity contribution is 6.32.